The number of benzene rings is 2. The number of para-hydroxylation sites is 1. The topological polar surface area (TPSA) is 42.2 Å². The third kappa shape index (κ3) is 2.72. The lowest BCUT2D eigenvalue weighted by Gasteiger charge is -2.04. The fourth-order valence-corrected chi connectivity index (χ4v) is 2.61. The predicted molar refractivity (Wildman–Crippen MR) is 88.3 cm³/mol. The molecule has 1 amide bonds. The summed E-state index contributed by atoms with van der Waals surface area (Å²) in [5, 5.41) is 4.26. The predicted octanol–water partition coefficient (Wildman–Crippen LogP) is 4.63. The molecule has 0 radical (unpaired) electrons. The Morgan fingerprint density at radius 3 is 2.55 bits per heavy atom. The van der Waals surface area contributed by atoms with Crippen LogP contribution >= 0.6 is 11.6 Å². The Bertz CT molecular complexity index is 834. The van der Waals surface area contributed by atoms with Gasteiger partial charge in [0.1, 0.15) is 0 Å². The third-order valence-corrected chi connectivity index (χ3v) is 3.99. The van der Waals surface area contributed by atoms with Crippen molar-refractivity contribution in [2.75, 3.05) is 0 Å². The maximum absolute atomic E-state index is 12.3. The molecule has 0 atom stereocenters. The Morgan fingerprint density at radius 1 is 1.14 bits per heavy atom. The number of amides is 1. The number of carbonyl (C=O) groups is 1. The molecule has 3 aromatic rings. The van der Waals surface area contributed by atoms with Gasteiger partial charge in [-0.3, -0.25) is 4.79 Å². The van der Waals surface area contributed by atoms with Crippen molar-refractivity contribution >= 4 is 28.5 Å². The molecule has 3 rings (SSSR count). The van der Waals surface area contributed by atoms with Crippen molar-refractivity contribution in [2.24, 2.45) is 0 Å². The van der Waals surface area contributed by atoms with Crippen LogP contribution in [0.25, 0.3) is 11.0 Å². The first-order chi connectivity index (χ1) is 10.6. The van der Waals surface area contributed by atoms with E-state index in [0.29, 0.717) is 22.9 Å². The molecule has 1 aromatic heterocycles. The average molecular weight is 314 g/mol. The minimum atomic E-state index is -0.231. The fraction of sp³-hybridized carbons (Fsp3) is 0.167. The Kier molecular flexibility index (Phi) is 3.90. The van der Waals surface area contributed by atoms with E-state index in [4.69, 9.17) is 16.0 Å². The minimum absolute atomic E-state index is 0.231. The van der Waals surface area contributed by atoms with Gasteiger partial charge in [0.15, 0.2) is 11.3 Å². The van der Waals surface area contributed by atoms with Crippen LogP contribution in [-0.4, -0.2) is 5.91 Å². The highest BCUT2D eigenvalue weighted by Gasteiger charge is 2.18. The molecule has 0 fully saturated rings. The smallest absolute Gasteiger partial charge is 0.287 e. The second-order valence-electron chi connectivity index (χ2n) is 5.34. The van der Waals surface area contributed by atoms with E-state index in [2.05, 4.69) is 5.32 Å². The van der Waals surface area contributed by atoms with Gasteiger partial charge >= 0.3 is 0 Å². The van der Waals surface area contributed by atoms with Crippen LogP contribution in [0.4, 0.5) is 0 Å². The van der Waals surface area contributed by atoms with Crippen LogP contribution < -0.4 is 5.32 Å². The number of nitrogens with one attached hydrogen (secondary N) is 1. The van der Waals surface area contributed by atoms with E-state index in [1.807, 2.05) is 50.2 Å². The number of aryl methyl sites for hydroxylation is 2. The van der Waals surface area contributed by atoms with Crippen LogP contribution in [0.2, 0.25) is 5.02 Å². The van der Waals surface area contributed by atoms with Gasteiger partial charge in [0.05, 0.1) is 5.02 Å². The van der Waals surface area contributed by atoms with Crippen LogP contribution in [0.3, 0.4) is 0 Å². The fourth-order valence-electron chi connectivity index (χ4n) is 2.39. The normalized spacial score (nSPS) is 10.9. The summed E-state index contributed by atoms with van der Waals surface area (Å²) in [5.41, 5.74) is 3.60. The van der Waals surface area contributed by atoms with Gasteiger partial charge in [0.25, 0.3) is 5.91 Å². The molecule has 22 heavy (non-hydrogen) atoms. The lowest BCUT2D eigenvalue weighted by molar-refractivity contribution is 0.0924. The van der Waals surface area contributed by atoms with Crippen molar-refractivity contribution in [3.8, 4) is 0 Å². The van der Waals surface area contributed by atoms with Gasteiger partial charge in [0.2, 0.25) is 0 Å². The molecule has 3 nitrogen and oxygen atoms in total. The molecule has 2 aromatic carbocycles. The number of rotatable bonds is 3. The lowest BCUT2D eigenvalue weighted by Crippen LogP contribution is -2.22. The van der Waals surface area contributed by atoms with E-state index < -0.39 is 0 Å². The molecule has 0 saturated carbocycles. The van der Waals surface area contributed by atoms with Gasteiger partial charge in [-0.2, -0.15) is 0 Å². The van der Waals surface area contributed by atoms with E-state index in [0.717, 1.165) is 16.5 Å². The first-order valence-corrected chi connectivity index (χ1v) is 7.45. The van der Waals surface area contributed by atoms with Gasteiger partial charge in [-0.25, -0.2) is 0 Å². The Balaban J connectivity index is 1.82. The SMILES string of the molecule is Cc1ccc(CNC(=O)c2oc3c(Cl)cccc3c2C)cc1. The Labute approximate surface area is 133 Å². The maximum Gasteiger partial charge on any atom is 0.287 e. The second-order valence-corrected chi connectivity index (χ2v) is 5.75. The van der Waals surface area contributed by atoms with E-state index >= 15 is 0 Å². The van der Waals surface area contributed by atoms with E-state index in [1.165, 1.54) is 5.56 Å². The van der Waals surface area contributed by atoms with Gasteiger partial charge in [0, 0.05) is 17.5 Å². The minimum Gasteiger partial charge on any atom is -0.449 e. The molecule has 1 N–H and O–H groups in total. The van der Waals surface area contributed by atoms with Crippen LogP contribution in [-0.2, 0) is 6.54 Å². The van der Waals surface area contributed by atoms with Crippen LogP contribution in [0.15, 0.2) is 46.9 Å². The molecule has 0 spiro atoms. The molecule has 0 aliphatic rings. The second kappa shape index (κ2) is 5.85. The average Bonchev–Trinajstić information content (AvgIpc) is 2.85. The summed E-state index contributed by atoms with van der Waals surface area (Å²) in [7, 11) is 0. The molecule has 112 valence electrons. The van der Waals surface area contributed by atoms with Crippen molar-refractivity contribution in [2.45, 2.75) is 20.4 Å². The Hall–Kier alpha value is -2.26. The molecule has 0 saturated heterocycles. The molecule has 1 heterocycles. The first kappa shape index (κ1) is 14.7. The monoisotopic (exact) mass is 313 g/mol. The molecular formula is C18H16ClNO2. The zero-order valence-electron chi connectivity index (χ0n) is 12.4. The third-order valence-electron chi connectivity index (χ3n) is 3.70. The van der Waals surface area contributed by atoms with Crippen LogP contribution in [0.1, 0.15) is 27.2 Å². The highest BCUT2D eigenvalue weighted by molar-refractivity contribution is 6.35. The van der Waals surface area contributed by atoms with E-state index in [-0.39, 0.29) is 5.91 Å². The summed E-state index contributed by atoms with van der Waals surface area (Å²) >= 11 is 6.11. The van der Waals surface area contributed by atoms with Crippen molar-refractivity contribution < 1.29 is 9.21 Å². The van der Waals surface area contributed by atoms with Gasteiger partial charge < -0.3 is 9.73 Å². The summed E-state index contributed by atoms with van der Waals surface area (Å²) in [6.07, 6.45) is 0. The van der Waals surface area contributed by atoms with Gasteiger partial charge in [-0.1, -0.05) is 53.6 Å². The Morgan fingerprint density at radius 2 is 1.86 bits per heavy atom. The number of hydrogen-bond donors (Lipinski definition) is 1. The maximum atomic E-state index is 12.3. The van der Waals surface area contributed by atoms with Crippen LogP contribution in [0.5, 0.6) is 0 Å². The van der Waals surface area contributed by atoms with Crippen molar-refractivity contribution in [1.82, 2.24) is 5.32 Å². The van der Waals surface area contributed by atoms with Gasteiger partial charge in [-0.05, 0) is 25.5 Å². The molecule has 0 aliphatic carbocycles. The van der Waals surface area contributed by atoms with E-state index in [1.54, 1.807) is 6.07 Å². The summed E-state index contributed by atoms with van der Waals surface area (Å²) in [6, 6.07) is 13.5. The largest absolute Gasteiger partial charge is 0.449 e. The number of hydrogen-bond acceptors (Lipinski definition) is 2. The zero-order chi connectivity index (χ0) is 15.7. The highest BCUT2D eigenvalue weighted by atomic mass is 35.5. The van der Waals surface area contributed by atoms with Crippen molar-refractivity contribution in [1.29, 1.82) is 0 Å². The molecule has 0 aliphatic heterocycles. The number of carbonyl (C=O) groups excluding carboxylic acids is 1. The first-order valence-electron chi connectivity index (χ1n) is 7.07. The lowest BCUT2D eigenvalue weighted by atomic mass is 10.1. The zero-order valence-corrected chi connectivity index (χ0v) is 13.2. The highest BCUT2D eigenvalue weighted by Crippen LogP contribution is 2.30. The quantitative estimate of drug-likeness (QED) is 0.765. The standard InChI is InChI=1S/C18H16ClNO2/c1-11-6-8-13(9-7-11)10-20-18(21)16-12(2)14-4-3-5-15(19)17(14)22-16/h3-9H,10H2,1-2H3,(H,20,21). The molecule has 4 heteroatoms. The molecule has 0 unspecified atom stereocenters. The summed E-state index contributed by atoms with van der Waals surface area (Å²) in [5.74, 6) is 0.0838. The number of halogens is 1. The summed E-state index contributed by atoms with van der Waals surface area (Å²) < 4.78 is 5.65. The van der Waals surface area contributed by atoms with Crippen molar-refractivity contribution in [3.63, 3.8) is 0 Å². The van der Waals surface area contributed by atoms with E-state index in [9.17, 15) is 4.79 Å². The van der Waals surface area contributed by atoms with Crippen LogP contribution in [0, 0.1) is 13.8 Å². The number of fused-ring (bicyclic) bond motifs is 1. The van der Waals surface area contributed by atoms with Gasteiger partial charge in [-0.15, -0.1) is 0 Å². The molecular weight excluding hydrogens is 298 g/mol. The summed E-state index contributed by atoms with van der Waals surface area (Å²) in [6.45, 7) is 4.36. The number of furan rings is 1. The molecule has 0 bridgehead atoms. The summed E-state index contributed by atoms with van der Waals surface area (Å²) in [4.78, 5) is 12.3. The van der Waals surface area contributed by atoms with Crippen molar-refractivity contribution in [3.05, 3.63) is 69.9 Å².